The fourth-order valence-corrected chi connectivity index (χ4v) is 8.82. The quantitative estimate of drug-likeness (QED) is 0.202. The molecule has 198 valence electrons. The van der Waals surface area contributed by atoms with E-state index in [4.69, 9.17) is 25.7 Å². The van der Waals surface area contributed by atoms with Crippen LogP contribution in [0.3, 0.4) is 0 Å². The number of thioether (sulfide) groups is 1. The molecule has 0 spiro atoms. The first-order valence-electron chi connectivity index (χ1n) is 12.6. The maximum atomic E-state index is 15.2. The van der Waals surface area contributed by atoms with Crippen LogP contribution in [0.5, 0.6) is 5.75 Å². The van der Waals surface area contributed by atoms with Crippen molar-refractivity contribution < 1.29 is 14.0 Å². The molecule has 39 heavy (non-hydrogen) atoms. The summed E-state index contributed by atoms with van der Waals surface area (Å²) in [5.74, 6) is -0.0335. The molecule has 1 aliphatic carbocycles. The Hall–Kier alpha value is -2.49. The summed E-state index contributed by atoms with van der Waals surface area (Å²) < 4.78 is 15.1. The number of carbonyl (C=O) groups is 1. The summed E-state index contributed by atoms with van der Waals surface area (Å²) in [4.78, 5) is 24.5. The molecule has 0 N–H and O–H groups in total. The number of halogens is 2. The first-order chi connectivity index (χ1) is 18.7. The Morgan fingerprint density at radius 2 is 1.72 bits per heavy atom. The molecule has 4 unspecified atom stereocenters. The van der Waals surface area contributed by atoms with Crippen molar-refractivity contribution in [2.45, 2.75) is 47.0 Å². The molecule has 0 saturated heterocycles. The summed E-state index contributed by atoms with van der Waals surface area (Å²) in [7, 11) is -2.39. The second kappa shape index (κ2) is 9.85. The van der Waals surface area contributed by atoms with Crippen molar-refractivity contribution in [2.75, 3.05) is 0 Å². The van der Waals surface area contributed by atoms with Gasteiger partial charge >= 0.3 is 0 Å². The van der Waals surface area contributed by atoms with Crippen molar-refractivity contribution in [1.82, 2.24) is 9.97 Å². The number of nitrogens with zero attached hydrogens (tertiary/aromatic N) is 2. The van der Waals surface area contributed by atoms with E-state index in [0.29, 0.717) is 16.5 Å². The maximum absolute atomic E-state index is 15.2. The van der Waals surface area contributed by atoms with Crippen molar-refractivity contribution >= 4 is 53.4 Å². The van der Waals surface area contributed by atoms with Crippen LogP contribution in [0, 0.1) is 0 Å². The molecule has 2 aromatic heterocycles. The van der Waals surface area contributed by atoms with Gasteiger partial charge in [0, 0.05) is 22.9 Å². The molecule has 0 bridgehead atoms. The van der Waals surface area contributed by atoms with Gasteiger partial charge in [0.05, 0.1) is 21.2 Å². The third-order valence-electron chi connectivity index (χ3n) is 7.07. The second-order valence-electron chi connectivity index (χ2n) is 10.7. The van der Waals surface area contributed by atoms with E-state index in [-0.39, 0.29) is 5.78 Å². The average molecular weight is 638 g/mol. The van der Waals surface area contributed by atoms with Crippen LogP contribution in [0.1, 0.15) is 22.7 Å². The molecule has 4 aromatic rings. The zero-order valence-electron chi connectivity index (χ0n) is 21.6. The molecular formula is C30H26BrClN2O3SSi. The number of hydrogen-bond donors (Lipinski definition) is 0. The van der Waals surface area contributed by atoms with Crippen LogP contribution in [-0.4, -0.2) is 29.3 Å². The van der Waals surface area contributed by atoms with Gasteiger partial charge in [0.1, 0.15) is 11.4 Å². The molecule has 0 amide bonds. The van der Waals surface area contributed by atoms with E-state index in [1.165, 1.54) is 11.8 Å². The fourth-order valence-electron chi connectivity index (χ4n) is 5.84. The van der Waals surface area contributed by atoms with Gasteiger partial charge in [0.2, 0.25) is 5.60 Å². The zero-order chi connectivity index (χ0) is 27.4. The fraction of sp³-hybridized carbons (Fsp3) is 0.233. The number of hydrogen-bond acceptors (Lipinski definition) is 6. The highest BCUT2D eigenvalue weighted by Crippen LogP contribution is 2.69. The lowest BCUT2D eigenvalue weighted by Gasteiger charge is -2.44. The van der Waals surface area contributed by atoms with Gasteiger partial charge in [-0.15, -0.1) is 0 Å². The normalized spacial score (nSPS) is 25.7. The lowest BCUT2D eigenvalue weighted by atomic mass is 9.72. The molecule has 3 heterocycles. The smallest absolute Gasteiger partial charge is 0.208 e. The Bertz CT molecular complexity index is 1540. The third-order valence-corrected chi connectivity index (χ3v) is 9.95. The molecule has 1 fully saturated rings. The lowest BCUT2D eigenvalue weighted by Crippen LogP contribution is -2.56. The van der Waals surface area contributed by atoms with Gasteiger partial charge in [0.15, 0.2) is 19.7 Å². The van der Waals surface area contributed by atoms with Gasteiger partial charge in [-0.3, -0.25) is 9.78 Å². The molecule has 4 atom stereocenters. The van der Waals surface area contributed by atoms with E-state index < -0.39 is 30.7 Å². The molecule has 5 nitrogen and oxygen atoms in total. The number of aromatic nitrogens is 2. The number of ether oxygens (including phenoxy) is 1. The number of Topliss-reactive ketones (excluding diaryl/α,β-unsaturated/α-hetero) is 1. The Labute approximate surface area is 246 Å². The molecule has 1 saturated carbocycles. The van der Waals surface area contributed by atoms with Crippen LogP contribution >= 0.6 is 39.3 Å². The van der Waals surface area contributed by atoms with Gasteiger partial charge in [-0.2, -0.15) is 0 Å². The number of carbonyl (C=O) groups excluding carboxylic acids is 1. The highest BCUT2D eigenvalue weighted by Gasteiger charge is 2.79. The van der Waals surface area contributed by atoms with Crippen molar-refractivity contribution in [3.05, 3.63) is 118 Å². The van der Waals surface area contributed by atoms with E-state index in [1.807, 2.05) is 60.7 Å². The summed E-state index contributed by atoms with van der Waals surface area (Å²) in [6.07, 6.45) is 3.31. The van der Waals surface area contributed by atoms with Gasteiger partial charge in [-0.25, -0.2) is 4.98 Å². The Morgan fingerprint density at radius 3 is 2.38 bits per heavy atom. The highest BCUT2D eigenvalue weighted by molar-refractivity contribution is 9.10. The third kappa shape index (κ3) is 4.28. The molecule has 0 radical (unpaired) electrons. The van der Waals surface area contributed by atoms with Crippen molar-refractivity contribution in [3.8, 4) is 5.75 Å². The summed E-state index contributed by atoms with van der Waals surface area (Å²) in [5.41, 5.74) is -0.435. The SMILES string of the molecule is C[Si](C)(C)OC12C(=O)C(Sc3ccccn3)C(c3ccccc3)C1(c1ccc(Br)cc1)Oc1cc(Cl)cnc12. The van der Waals surface area contributed by atoms with E-state index in [1.54, 1.807) is 18.5 Å². The predicted molar refractivity (Wildman–Crippen MR) is 160 cm³/mol. The molecule has 2 aromatic carbocycles. The predicted octanol–water partition coefficient (Wildman–Crippen LogP) is 7.75. The zero-order valence-corrected chi connectivity index (χ0v) is 25.8. The van der Waals surface area contributed by atoms with E-state index in [2.05, 4.69) is 52.7 Å². The largest absolute Gasteiger partial charge is 0.476 e. The summed E-state index contributed by atoms with van der Waals surface area (Å²) in [6.45, 7) is 6.27. The number of benzene rings is 2. The Kier molecular flexibility index (Phi) is 6.75. The van der Waals surface area contributed by atoms with E-state index in [0.717, 1.165) is 20.6 Å². The summed E-state index contributed by atoms with van der Waals surface area (Å²) >= 11 is 11.4. The van der Waals surface area contributed by atoms with Gasteiger partial charge < -0.3 is 9.16 Å². The minimum atomic E-state index is -2.39. The second-order valence-corrected chi connectivity index (χ2v) is 17.6. The minimum Gasteiger partial charge on any atom is -0.476 e. The summed E-state index contributed by atoms with van der Waals surface area (Å²) in [6, 6.07) is 25.5. The van der Waals surface area contributed by atoms with Crippen LogP contribution in [0.2, 0.25) is 24.7 Å². The molecular weight excluding hydrogens is 612 g/mol. The Morgan fingerprint density at radius 1 is 1.00 bits per heavy atom. The van der Waals surface area contributed by atoms with Crippen LogP contribution in [-0.2, 0) is 20.4 Å². The maximum Gasteiger partial charge on any atom is 0.208 e. The average Bonchev–Trinajstić information content (AvgIpc) is 3.28. The number of fused-ring (bicyclic) bond motifs is 3. The minimum absolute atomic E-state index is 0.0778. The van der Waals surface area contributed by atoms with Crippen LogP contribution in [0.15, 0.2) is 101 Å². The topological polar surface area (TPSA) is 61.3 Å². The van der Waals surface area contributed by atoms with Gasteiger partial charge in [-0.1, -0.05) is 87.8 Å². The molecule has 2 aliphatic rings. The van der Waals surface area contributed by atoms with Crippen LogP contribution in [0.25, 0.3) is 0 Å². The van der Waals surface area contributed by atoms with Crippen molar-refractivity contribution in [3.63, 3.8) is 0 Å². The monoisotopic (exact) mass is 636 g/mol. The first kappa shape index (κ1) is 26.7. The van der Waals surface area contributed by atoms with Gasteiger partial charge in [-0.05, 0) is 55.0 Å². The molecule has 6 rings (SSSR count). The first-order valence-corrected chi connectivity index (χ1v) is 18.1. The van der Waals surface area contributed by atoms with E-state index in [9.17, 15) is 0 Å². The summed E-state index contributed by atoms with van der Waals surface area (Å²) in [5, 5.41) is 0.633. The highest BCUT2D eigenvalue weighted by atomic mass is 79.9. The van der Waals surface area contributed by atoms with Gasteiger partial charge in [0.25, 0.3) is 0 Å². The number of pyridine rings is 2. The number of ketones is 1. The van der Waals surface area contributed by atoms with Crippen LogP contribution in [0.4, 0.5) is 0 Å². The molecule has 9 heteroatoms. The van der Waals surface area contributed by atoms with E-state index >= 15 is 4.79 Å². The molecule has 1 aliphatic heterocycles. The standard InChI is InChI=1S/C30H26BrClN2O3SSi/c1-39(2,3)37-30-27-23(17-22(32)18-34-27)36-29(30,20-12-14-21(31)15-13-20)25(19-9-5-4-6-10-19)26(28(30)35)38-24-11-7-8-16-33-24/h4-18,25-26H,1-3H3. The lowest BCUT2D eigenvalue weighted by molar-refractivity contribution is -0.147. The van der Waals surface area contributed by atoms with Crippen molar-refractivity contribution in [1.29, 1.82) is 0 Å². The number of rotatable bonds is 6. The van der Waals surface area contributed by atoms with Crippen molar-refractivity contribution in [2.24, 2.45) is 0 Å². The Balaban J connectivity index is 1.71. The van der Waals surface area contributed by atoms with Crippen LogP contribution < -0.4 is 4.74 Å².